The van der Waals surface area contributed by atoms with E-state index < -0.39 is 0 Å². The van der Waals surface area contributed by atoms with Crippen LogP contribution in [0.2, 0.25) is 0 Å². The van der Waals surface area contributed by atoms with Gasteiger partial charge in [0.1, 0.15) is 5.78 Å². The molecule has 0 radical (unpaired) electrons. The van der Waals surface area contributed by atoms with Crippen LogP contribution in [0.1, 0.15) is 32.1 Å². The first kappa shape index (κ1) is 9.23. The van der Waals surface area contributed by atoms with E-state index in [0.29, 0.717) is 19.3 Å². The SMILES string of the molecule is COC(=O)[C@@H]1CCCC(=O)CC1. The molecule has 0 bridgehead atoms. The Hall–Kier alpha value is -0.860. The molecule has 1 aliphatic rings. The van der Waals surface area contributed by atoms with Gasteiger partial charge in [0, 0.05) is 12.8 Å². The molecule has 0 amide bonds. The van der Waals surface area contributed by atoms with Crippen LogP contribution in [0.5, 0.6) is 0 Å². The molecule has 0 aromatic carbocycles. The lowest BCUT2D eigenvalue weighted by Gasteiger charge is -2.09. The maximum atomic E-state index is 11.1. The van der Waals surface area contributed by atoms with Gasteiger partial charge in [-0.25, -0.2) is 0 Å². The van der Waals surface area contributed by atoms with Gasteiger partial charge in [0.05, 0.1) is 13.0 Å². The summed E-state index contributed by atoms with van der Waals surface area (Å²) in [5.41, 5.74) is 0. The van der Waals surface area contributed by atoms with Gasteiger partial charge < -0.3 is 4.74 Å². The molecule has 68 valence electrons. The summed E-state index contributed by atoms with van der Waals surface area (Å²) in [4.78, 5) is 22.1. The van der Waals surface area contributed by atoms with Gasteiger partial charge in [0.15, 0.2) is 0 Å². The average molecular weight is 170 g/mol. The highest BCUT2D eigenvalue weighted by Gasteiger charge is 2.22. The molecule has 0 aromatic rings. The molecular formula is C9H14O3. The Morgan fingerprint density at radius 2 is 2.17 bits per heavy atom. The number of ether oxygens (including phenoxy) is 1. The molecule has 0 unspecified atom stereocenters. The summed E-state index contributed by atoms with van der Waals surface area (Å²) in [6.45, 7) is 0. The topological polar surface area (TPSA) is 43.4 Å². The number of carbonyl (C=O) groups excluding carboxylic acids is 2. The van der Waals surface area contributed by atoms with E-state index in [-0.39, 0.29) is 17.7 Å². The van der Waals surface area contributed by atoms with Gasteiger partial charge in [-0.3, -0.25) is 9.59 Å². The molecule has 0 N–H and O–H groups in total. The van der Waals surface area contributed by atoms with Crippen LogP contribution in [0, 0.1) is 5.92 Å². The molecule has 0 spiro atoms. The van der Waals surface area contributed by atoms with E-state index in [1.165, 1.54) is 7.11 Å². The molecule has 0 aromatic heterocycles. The number of carbonyl (C=O) groups is 2. The first-order valence-corrected chi connectivity index (χ1v) is 4.33. The minimum absolute atomic E-state index is 0.0403. The number of methoxy groups -OCH3 is 1. The summed E-state index contributed by atoms with van der Waals surface area (Å²) in [5.74, 6) is 0.0764. The highest BCUT2D eigenvalue weighted by atomic mass is 16.5. The second-order valence-corrected chi connectivity index (χ2v) is 3.19. The summed E-state index contributed by atoms with van der Waals surface area (Å²) in [6, 6.07) is 0. The van der Waals surface area contributed by atoms with Gasteiger partial charge in [-0.15, -0.1) is 0 Å². The maximum absolute atomic E-state index is 11.1. The molecule has 12 heavy (non-hydrogen) atoms. The van der Waals surface area contributed by atoms with Crippen LogP contribution in [0.15, 0.2) is 0 Å². The van der Waals surface area contributed by atoms with E-state index in [4.69, 9.17) is 0 Å². The maximum Gasteiger partial charge on any atom is 0.308 e. The van der Waals surface area contributed by atoms with Crippen molar-refractivity contribution in [2.45, 2.75) is 32.1 Å². The largest absolute Gasteiger partial charge is 0.469 e. The number of esters is 1. The molecule has 1 rings (SSSR count). The van der Waals surface area contributed by atoms with Crippen LogP contribution >= 0.6 is 0 Å². The third-order valence-corrected chi connectivity index (χ3v) is 2.31. The Balaban J connectivity index is 2.45. The lowest BCUT2D eigenvalue weighted by molar-refractivity contribution is -0.145. The van der Waals surface area contributed by atoms with Crippen LogP contribution in [-0.2, 0) is 14.3 Å². The van der Waals surface area contributed by atoms with Crippen molar-refractivity contribution in [1.29, 1.82) is 0 Å². The monoisotopic (exact) mass is 170 g/mol. The molecule has 3 nitrogen and oxygen atoms in total. The first-order chi connectivity index (χ1) is 5.74. The Labute approximate surface area is 72.1 Å². The summed E-state index contributed by atoms with van der Waals surface area (Å²) in [5, 5.41) is 0. The van der Waals surface area contributed by atoms with Crippen LogP contribution < -0.4 is 0 Å². The summed E-state index contributed by atoms with van der Waals surface area (Å²) >= 11 is 0. The van der Waals surface area contributed by atoms with Crippen LogP contribution in [0.3, 0.4) is 0 Å². The van der Waals surface area contributed by atoms with E-state index in [0.717, 1.165) is 12.8 Å². The van der Waals surface area contributed by atoms with E-state index in [9.17, 15) is 9.59 Å². The van der Waals surface area contributed by atoms with Crippen molar-refractivity contribution in [3.63, 3.8) is 0 Å². The fourth-order valence-electron chi connectivity index (χ4n) is 1.55. The minimum Gasteiger partial charge on any atom is -0.469 e. The lowest BCUT2D eigenvalue weighted by Crippen LogP contribution is -2.15. The lowest BCUT2D eigenvalue weighted by atomic mass is 10.0. The third-order valence-electron chi connectivity index (χ3n) is 2.31. The molecule has 0 heterocycles. The quantitative estimate of drug-likeness (QED) is 0.440. The molecular weight excluding hydrogens is 156 g/mol. The third kappa shape index (κ3) is 2.32. The summed E-state index contributed by atoms with van der Waals surface area (Å²) < 4.78 is 4.63. The number of rotatable bonds is 1. The van der Waals surface area contributed by atoms with Crippen LogP contribution in [0.25, 0.3) is 0 Å². The minimum atomic E-state index is -0.162. The van der Waals surface area contributed by atoms with Crippen molar-refractivity contribution in [2.24, 2.45) is 5.92 Å². The van der Waals surface area contributed by atoms with E-state index in [1.807, 2.05) is 0 Å². The molecule has 1 fully saturated rings. The van der Waals surface area contributed by atoms with Crippen molar-refractivity contribution in [1.82, 2.24) is 0 Å². The normalized spacial score (nSPS) is 24.8. The zero-order valence-electron chi connectivity index (χ0n) is 7.34. The van der Waals surface area contributed by atoms with Gasteiger partial charge in [0.2, 0.25) is 0 Å². The smallest absolute Gasteiger partial charge is 0.308 e. The Bertz CT molecular complexity index is 186. The predicted octanol–water partition coefficient (Wildman–Crippen LogP) is 1.31. The van der Waals surface area contributed by atoms with Gasteiger partial charge in [-0.1, -0.05) is 0 Å². The van der Waals surface area contributed by atoms with Gasteiger partial charge in [0.25, 0.3) is 0 Å². The molecule has 1 saturated carbocycles. The molecule has 1 atom stereocenters. The standard InChI is InChI=1S/C9H14O3/c1-12-9(11)7-3-2-4-8(10)6-5-7/h7H,2-6H2,1H3/t7-/m1/s1. The van der Waals surface area contributed by atoms with Gasteiger partial charge in [-0.05, 0) is 19.3 Å². The van der Waals surface area contributed by atoms with Crippen molar-refractivity contribution in [2.75, 3.05) is 7.11 Å². The zero-order valence-corrected chi connectivity index (χ0v) is 7.34. The van der Waals surface area contributed by atoms with Gasteiger partial charge >= 0.3 is 5.97 Å². The average Bonchev–Trinajstić information content (AvgIpc) is 2.29. The Morgan fingerprint density at radius 3 is 2.83 bits per heavy atom. The molecule has 3 heteroatoms. The Morgan fingerprint density at radius 1 is 1.42 bits per heavy atom. The summed E-state index contributed by atoms with van der Waals surface area (Å²) in [7, 11) is 1.40. The Kier molecular flexibility index (Phi) is 3.26. The molecule has 0 saturated heterocycles. The fourth-order valence-corrected chi connectivity index (χ4v) is 1.55. The van der Waals surface area contributed by atoms with Crippen molar-refractivity contribution >= 4 is 11.8 Å². The van der Waals surface area contributed by atoms with Crippen LogP contribution in [-0.4, -0.2) is 18.9 Å². The van der Waals surface area contributed by atoms with Crippen LogP contribution in [0.4, 0.5) is 0 Å². The molecule has 1 aliphatic carbocycles. The second-order valence-electron chi connectivity index (χ2n) is 3.19. The predicted molar refractivity (Wildman–Crippen MR) is 43.6 cm³/mol. The van der Waals surface area contributed by atoms with Crippen molar-refractivity contribution in [3.8, 4) is 0 Å². The number of hydrogen-bond donors (Lipinski definition) is 0. The zero-order chi connectivity index (χ0) is 8.97. The van der Waals surface area contributed by atoms with E-state index in [1.54, 1.807) is 0 Å². The number of ketones is 1. The highest BCUT2D eigenvalue weighted by Crippen LogP contribution is 2.21. The van der Waals surface area contributed by atoms with Gasteiger partial charge in [-0.2, -0.15) is 0 Å². The number of Topliss-reactive ketones (excluding diaryl/α,β-unsaturated/α-hetero) is 1. The fraction of sp³-hybridized carbons (Fsp3) is 0.778. The van der Waals surface area contributed by atoms with Crippen molar-refractivity contribution < 1.29 is 14.3 Å². The second kappa shape index (κ2) is 4.24. The highest BCUT2D eigenvalue weighted by molar-refractivity contribution is 5.80. The first-order valence-electron chi connectivity index (χ1n) is 4.33. The van der Waals surface area contributed by atoms with E-state index >= 15 is 0 Å². The number of hydrogen-bond acceptors (Lipinski definition) is 3. The molecule has 0 aliphatic heterocycles. The van der Waals surface area contributed by atoms with E-state index in [2.05, 4.69) is 4.74 Å². The summed E-state index contributed by atoms with van der Waals surface area (Å²) in [6.07, 6.45) is 3.48. The van der Waals surface area contributed by atoms with Crippen molar-refractivity contribution in [3.05, 3.63) is 0 Å².